The van der Waals surface area contributed by atoms with E-state index in [4.69, 9.17) is 5.11 Å². The Morgan fingerprint density at radius 2 is 1.80 bits per heavy atom. The Bertz CT molecular complexity index is 72.1. The van der Waals surface area contributed by atoms with Crippen LogP contribution in [-0.2, 0) is 14.3 Å². The number of aliphatic hydroxyl groups excluding tert-OH is 1. The van der Waals surface area contributed by atoms with Crippen molar-refractivity contribution in [3.8, 4) is 0 Å². The molecule has 0 heterocycles. The molecule has 10 heavy (non-hydrogen) atoms. The lowest BCUT2D eigenvalue weighted by atomic mass is 10.5. The first-order valence-electron chi connectivity index (χ1n) is 2.80. The molecule has 0 unspecified atom stereocenters. The lowest BCUT2D eigenvalue weighted by Gasteiger charge is -1.90. The molecule has 0 aliphatic carbocycles. The van der Waals surface area contributed by atoms with Gasteiger partial charge in [-0.25, -0.2) is 0 Å². The highest BCUT2D eigenvalue weighted by Gasteiger charge is 1.93. The number of carbonyl (C=O) groups excluding carboxylic acids is 1. The van der Waals surface area contributed by atoms with Crippen molar-refractivity contribution in [2.75, 3.05) is 27.9 Å². The van der Waals surface area contributed by atoms with Crippen molar-refractivity contribution in [1.29, 1.82) is 0 Å². The van der Waals surface area contributed by atoms with Gasteiger partial charge in [0.25, 0.3) is 0 Å². The minimum atomic E-state index is -0.373. The standard InChI is InChI=1S/C4H8O3.C2H6O/c1-7-4(6)2-3-5;1-3-2/h5H,2-3H2,1H3;1-2H3. The number of hydrogen-bond donors (Lipinski definition) is 1. The van der Waals surface area contributed by atoms with Gasteiger partial charge in [-0.05, 0) is 0 Å². The van der Waals surface area contributed by atoms with E-state index in [0.29, 0.717) is 0 Å². The monoisotopic (exact) mass is 150 g/mol. The zero-order chi connectivity index (χ0) is 8.41. The Morgan fingerprint density at radius 1 is 1.40 bits per heavy atom. The maximum Gasteiger partial charge on any atom is 0.307 e. The van der Waals surface area contributed by atoms with Crippen LogP contribution in [-0.4, -0.2) is 39.0 Å². The summed E-state index contributed by atoms with van der Waals surface area (Å²) in [5, 5.41) is 8.07. The van der Waals surface area contributed by atoms with Gasteiger partial charge >= 0.3 is 5.97 Å². The first kappa shape index (κ1) is 12.1. The van der Waals surface area contributed by atoms with Gasteiger partial charge in [-0.2, -0.15) is 0 Å². The minimum absolute atomic E-state index is 0.0938. The third kappa shape index (κ3) is 15.7. The molecule has 4 nitrogen and oxygen atoms in total. The molecule has 0 aromatic rings. The number of esters is 1. The molecule has 0 amide bonds. The summed E-state index contributed by atoms with van der Waals surface area (Å²) in [4.78, 5) is 10.0. The van der Waals surface area contributed by atoms with Crippen molar-refractivity contribution in [2.24, 2.45) is 0 Å². The fraction of sp³-hybridized carbons (Fsp3) is 0.833. The molecule has 0 saturated carbocycles. The van der Waals surface area contributed by atoms with E-state index in [1.54, 1.807) is 14.2 Å². The zero-order valence-corrected chi connectivity index (χ0v) is 6.59. The molecule has 0 aliphatic heterocycles. The Kier molecular flexibility index (Phi) is 13.6. The van der Waals surface area contributed by atoms with Crippen molar-refractivity contribution in [3.05, 3.63) is 0 Å². The Morgan fingerprint density at radius 3 is 1.90 bits per heavy atom. The molecule has 0 aromatic heterocycles. The van der Waals surface area contributed by atoms with Gasteiger partial charge in [0.15, 0.2) is 0 Å². The summed E-state index contributed by atoms with van der Waals surface area (Å²) in [6.45, 7) is -0.132. The molecule has 0 bridgehead atoms. The van der Waals surface area contributed by atoms with Gasteiger partial charge in [-0.15, -0.1) is 0 Å². The van der Waals surface area contributed by atoms with Gasteiger partial charge in [0.05, 0.1) is 20.1 Å². The van der Waals surface area contributed by atoms with Gasteiger partial charge in [-0.3, -0.25) is 4.79 Å². The van der Waals surface area contributed by atoms with Crippen molar-refractivity contribution in [1.82, 2.24) is 0 Å². The van der Waals surface area contributed by atoms with Crippen LogP contribution >= 0.6 is 0 Å². The third-order valence-electron chi connectivity index (χ3n) is 0.544. The summed E-state index contributed by atoms with van der Waals surface area (Å²) < 4.78 is 8.44. The van der Waals surface area contributed by atoms with Crippen LogP contribution in [0, 0.1) is 0 Å². The van der Waals surface area contributed by atoms with Crippen LogP contribution in [0.2, 0.25) is 0 Å². The number of carbonyl (C=O) groups is 1. The van der Waals surface area contributed by atoms with E-state index < -0.39 is 0 Å². The largest absolute Gasteiger partial charge is 0.469 e. The van der Waals surface area contributed by atoms with E-state index in [1.165, 1.54) is 7.11 Å². The summed E-state index contributed by atoms with van der Waals surface area (Å²) in [5.41, 5.74) is 0. The highest BCUT2D eigenvalue weighted by Crippen LogP contribution is 1.78. The third-order valence-corrected chi connectivity index (χ3v) is 0.544. The lowest BCUT2D eigenvalue weighted by Crippen LogP contribution is -2.01. The maximum atomic E-state index is 10.0. The fourth-order valence-corrected chi connectivity index (χ4v) is 0.193. The smallest absolute Gasteiger partial charge is 0.307 e. The highest BCUT2D eigenvalue weighted by atomic mass is 16.5. The normalized spacial score (nSPS) is 7.60. The van der Waals surface area contributed by atoms with Gasteiger partial charge < -0.3 is 14.6 Å². The van der Waals surface area contributed by atoms with E-state index in [1.807, 2.05) is 0 Å². The highest BCUT2D eigenvalue weighted by molar-refractivity contribution is 5.69. The molecule has 62 valence electrons. The van der Waals surface area contributed by atoms with Crippen molar-refractivity contribution >= 4 is 5.97 Å². The van der Waals surface area contributed by atoms with Crippen LogP contribution in [0.1, 0.15) is 6.42 Å². The summed E-state index contributed by atoms with van der Waals surface area (Å²) in [7, 11) is 4.54. The molecular weight excluding hydrogens is 136 g/mol. The van der Waals surface area contributed by atoms with Crippen LogP contribution < -0.4 is 0 Å². The predicted octanol–water partition coefficient (Wildman–Crippen LogP) is -0.196. The van der Waals surface area contributed by atoms with E-state index in [9.17, 15) is 4.79 Å². The van der Waals surface area contributed by atoms with Crippen LogP contribution in [0.15, 0.2) is 0 Å². The van der Waals surface area contributed by atoms with Crippen molar-refractivity contribution in [2.45, 2.75) is 6.42 Å². The Labute approximate surface area is 60.8 Å². The second kappa shape index (κ2) is 11.2. The van der Waals surface area contributed by atoms with Crippen molar-refractivity contribution < 1.29 is 19.4 Å². The molecule has 0 atom stereocenters. The van der Waals surface area contributed by atoms with E-state index in [0.717, 1.165) is 0 Å². The molecule has 1 N–H and O–H groups in total. The Balaban J connectivity index is 0. The average molecular weight is 150 g/mol. The summed E-state index contributed by atoms with van der Waals surface area (Å²) >= 11 is 0. The maximum absolute atomic E-state index is 10.0. The average Bonchev–Trinajstić information content (AvgIpc) is 1.90. The first-order chi connectivity index (χ1) is 4.72. The van der Waals surface area contributed by atoms with E-state index >= 15 is 0 Å². The second-order valence-corrected chi connectivity index (χ2v) is 1.46. The summed E-state index contributed by atoms with van der Waals surface area (Å²) in [6, 6.07) is 0. The van der Waals surface area contributed by atoms with Crippen molar-refractivity contribution in [3.63, 3.8) is 0 Å². The fourth-order valence-electron chi connectivity index (χ4n) is 0.193. The lowest BCUT2D eigenvalue weighted by molar-refractivity contribution is -0.141. The predicted molar refractivity (Wildman–Crippen MR) is 36.7 cm³/mol. The van der Waals surface area contributed by atoms with Crippen LogP contribution in [0.4, 0.5) is 0 Å². The number of hydrogen-bond acceptors (Lipinski definition) is 4. The number of methoxy groups -OCH3 is 2. The van der Waals surface area contributed by atoms with Gasteiger partial charge in [0, 0.05) is 14.2 Å². The molecule has 0 aliphatic rings. The van der Waals surface area contributed by atoms with Crippen LogP contribution in [0.5, 0.6) is 0 Å². The zero-order valence-electron chi connectivity index (χ0n) is 6.59. The SMILES string of the molecule is COC.COC(=O)CCO. The molecule has 4 heteroatoms. The molecule has 0 rings (SSSR count). The number of aliphatic hydroxyl groups is 1. The molecule has 0 aromatic carbocycles. The van der Waals surface area contributed by atoms with Gasteiger partial charge in [0.2, 0.25) is 0 Å². The quantitative estimate of drug-likeness (QED) is 0.554. The summed E-state index contributed by atoms with van der Waals surface area (Å²) in [5.74, 6) is -0.373. The Hall–Kier alpha value is -0.610. The van der Waals surface area contributed by atoms with Gasteiger partial charge in [-0.1, -0.05) is 0 Å². The number of rotatable bonds is 2. The van der Waals surface area contributed by atoms with E-state index in [2.05, 4.69) is 9.47 Å². The topological polar surface area (TPSA) is 55.8 Å². The molecular formula is C6H14O4. The number of ether oxygens (including phenoxy) is 2. The van der Waals surface area contributed by atoms with Gasteiger partial charge in [0.1, 0.15) is 0 Å². The molecule has 0 spiro atoms. The van der Waals surface area contributed by atoms with Crippen LogP contribution in [0.25, 0.3) is 0 Å². The first-order valence-corrected chi connectivity index (χ1v) is 2.80. The summed E-state index contributed by atoms with van der Waals surface area (Å²) in [6.07, 6.45) is 0.0938. The molecule has 0 saturated heterocycles. The molecule has 0 fully saturated rings. The second-order valence-electron chi connectivity index (χ2n) is 1.46. The minimum Gasteiger partial charge on any atom is -0.469 e. The van der Waals surface area contributed by atoms with Crippen LogP contribution in [0.3, 0.4) is 0 Å². The molecule has 0 radical (unpaired) electrons. The van der Waals surface area contributed by atoms with E-state index in [-0.39, 0.29) is 19.0 Å².